The molecule has 26 heavy (non-hydrogen) atoms. The van der Waals surface area contributed by atoms with Crippen molar-refractivity contribution in [3.63, 3.8) is 0 Å². The van der Waals surface area contributed by atoms with Gasteiger partial charge in [0, 0.05) is 31.1 Å². The molecule has 140 valence electrons. The summed E-state index contributed by atoms with van der Waals surface area (Å²) in [5.74, 6) is -0.200. The van der Waals surface area contributed by atoms with Crippen LogP contribution in [0.5, 0.6) is 0 Å². The molecule has 1 aliphatic heterocycles. The van der Waals surface area contributed by atoms with Crippen molar-refractivity contribution in [2.45, 2.75) is 52.4 Å². The smallest absolute Gasteiger partial charge is 0.237 e. The van der Waals surface area contributed by atoms with E-state index in [1.807, 2.05) is 49.7 Å². The predicted octanol–water partition coefficient (Wildman–Crippen LogP) is 1.27. The number of carbonyl (C=O) groups excluding carboxylic acids is 2. The molecule has 0 radical (unpaired) electrons. The molecular formula is C19H27N5O2. The van der Waals surface area contributed by atoms with E-state index in [0.29, 0.717) is 13.1 Å². The van der Waals surface area contributed by atoms with Crippen molar-refractivity contribution in [1.29, 1.82) is 0 Å². The average molecular weight is 357 g/mol. The number of hydrogen-bond donors (Lipinski definition) is 2. The first kappa shape index (κ1) is 18.4. The molecule has 2 heterocycles. The second-order valence-corrected chi connectivity index (χ2v) is 6.90. The number of amides is 2. The van der Waals surface area contributed by atoms with E-state index in [4.69, 9.17) is 0 Å². The molecule has 7 heteroatoms. The molecule has 2 amide bonds. The first-order valence-corrected chi connectivity index (χ1v) is 9.25. The third-order valence-electron chi connectivity index (χ3n) is 4.90. The summed E-state index contributed by atoms with van der Waals surface area (Å²) < 4.78 is 1.94. The first-order chi connectivity index (χ1) is 12.5. The van der Waals surface area contributed by atoms with Gasteiger partial charge in [0.2, 0.25) is 11.8 Å². The zero-order chi connectivity index (χ0) is 18.7. The van der Waals surface area contributed by atoms with Gasteiger partial charge in [-0.15, -0.1) is 0 Å². The summed E-state index contributed by atoms with van der Waals surface area (Å²) >= 11 is 0. The molecule has 1 atom stereocenters. The van der Waals surface area contributed by atoms with E-state index in [2.05, 4.69) is 20.6 Å². The van der Waals surface area contributed by atoms with Crippen molar-refractivity contribution < 1.29 is 9.59 Å². The van der Waals surface area contributed by atoms with Crippen molar-refractivity contribution in [3.8, 4) is 0 Å². The fourth-order valence-electron chi connectivity index (χ4n) is 3.56. The zero-order valence-corrected chi connectivity index (χ0v) is 15.7. The van der Waals surface area contributed by atoms with Crippen LogP contribution in [0.4, 0.5) is 0 Å². The minimum Gasteiger partial charge on any atom is -0.353 e. The van der Waals surface area contributed by atoms with Gasteiger partial charge in [-0.3, -0.25) is 19.2 Å². The zero-order valence-electron chi connectivity index (χ0n) is 15.7. The number of aromatic nitrogens is 2. The number of nitrogens with zero attached hydrogens (tertiary/aromatic N) is 3. The van der Waals surface area contributed by atoms with Crippen LogP contribution in [0.2, 0.25) is 0 Å². The summed E-state index contributed by atoms with van der Waals surface area (Å²) in [5.41, 5.74) is 1.92. The number of carbonyl (C=O) groups is 2. The van der Waals surface area contributed by atoms with Gasteiger partial charge in [0.05, 0.1) is 30.2 Å². The number of hydrogen-bond acceptors (Lipinski definition) is 4. The Morgan fingerprint density at radius 1 is 1.38 bits per heavy atom. The molecule has 2 aromatic rings. The molecule has 0 bridgehead atoms. The number of rotatable bonds is 6. The quantitative estimate of drug-likeness (QED) is 0.816. The molecule has 0 aliphatic carbocycles. The van der Waals surface area contributed by atoms with Crippen LogP contribution < -0.4 is 10.6 Å². The van der Waals surface area contributed by atoms with Gasteiger partial charge in [-0.25, -0.2) is 0 Å². The number of nitrogens with one attached hydrogen (secondary N) is 2. The molecule has 1 fully saturated rings. The van der Waals surface area contributed by atoms with Gasteiger partial charge >= 0.3 is 0 Å². The molecule has 2 N–H and O–H groups in total. The number of para-hydroxylation sites is 1. The fraction of sp³-hybridized carbons (Fsp3) is 0.526. The summed E-state index contributed by atoms with van der Waals surface area (Å²) in [7, 11) is 0. The largest absolute Gasteiger partial charge is 0.353 e. The molecule has 0 spiro atoms. The van der Waals surface area contributed by atoms with Gasteiger partial charge in [-0.1, -0.05) is 18.2 Å². The van der Waals surface area contributed by atoms with Crippen molar-refractivity contribution in [2.75, 3.05) is 13.1 Å². The van der Waals surface area contributed by atoms with Crippen LogP contribution in [-0.2, 0) is 22.7 Å². The molecule has 1 aromatic carbocycles. The second kappa shape index (κ2) is 7.86. The summed E-state index contributed by atoms with van der Waals surface area (Å²) in [4.78, 5) is 26.7. The maximum Gasteiger partial charge on any atom is 0.237 e. The van der Waals surface area contributed by atoms with E-state index in [0.717, 1.165) is 29.7 Å². The lowest BCUT2D eigenvalue weighted by Gasteiger charge is -2.37. The lowest BCUT2D eigenvalue weighted by molar-refractivity contribution is -0.134. The van der Waals surface area contributed by atoms with Gasteiger partial charge in [0.15, 0.2) is 0 Å². The van der Waals surface area contributed by atoms with Crippen LogP contribution in [-0.4, -0.2) is 51.7 Å². The normalized spacial score (nSPS) is 18.3. The van der Waals surface area contributed by atoms with Gasteiger partial charge < -0.3 is 10.6 Å². The summed E-state index contributed by atoms with van der Waals surface area (Å²) in [6.07, 6.45) is 0.163. The highest BCUT2D eigenvalue weighted by Gasteiger charge is 2.32. The van der Waals surface area contributed by atoms with Crippen LogP contribution in [0.25, 0.3) is 10.9 Å². The Hall–Kier alpha value is -2.41. The van der Waals surface area contributed by atoms with Gasteiger partial charge in [-0.05, 0) is 26.8 Å². The van der Waals surface area contributed by atoms with Crippen LogP contribution in [0.15, 0.2) is 24.3 Å². The fourth-order valence-corrected chi connectivity index (χ4v) is 3.56. The predicted molar refractivity (Wildman–Crippen MR) is 101 cm³/mol. The number of aryl methyl sites for hydroxylation is 1. The minimum absolute atomic E-state index is 0.0687. The van der Waals surface area contributed by atoms with Crippen LogP contribution in [0.3, 0.4) is 0 Å². The molecule has 1 aliphatic rings. The average Bonchev–Trinajstić information content (AvgIpc) is 2.99. The van der Waals surface area contributed by atoms with Gasteiger partial charge in [0.1, 0.15) is 0 Å². The van der Waals surface area contributed by atoms with E-state index in [9.17, 15) is 9.59 Å². The molecule has 1 saturated heterocycles. The third-order valence-corrected chi connectivity index (χ3v) is 4.90. The van der Waals surface area contributed by atoms with E-state index in [1.54, 1.807) is 0 Å². The topological polar surface area (TPSA) is 79.3 Å². The van der Waals surface area contributed by atoms with Crippen LogP contribution >= 0.6 is 0 Å². The maximum absolute atomic E-state index is 12.5. The van der Waals surface area contributed by atoms with E-state index >= 15 is 0 Å². The Kier molecular flexibility index (Phi) is 5.56. The highest BCUT2D eigenvalue weighted by molar-refractivity contribution is 5.89. The second-order valence-electron chi connectivity index (χ2n) is 6.90. The Balaban J connectivity index is 1.66. The van der Waals surface area contributed by atoms with Crippen molar-refractivity contribution in [2.24, 2.45) is 0 Å². The Morgan fingerprint density at radius 3 is 2.88 bits per heavy atom. The van der Waals surface area contributed by atoms with Crippen molar-refractivity contribution >= 4 is 22.7 Å². The lowest BCUT2D eigenvalue weighted by Crippen LogP contribution is -2.58. The lowest BCUT2D eigenvalue weighted by atomic mass is 10.1. The van der Waals surface area contributed by atoms with Crippen molar-refractivity contribution in [1.82, 2.24) is 25.3 Å². The highest BCUT2D eigenvalue weighted by atomic mass is 16.2. The standard InChI is InChI=1S/C19H27N5O2/c1-4-24-16-8-6-5-7-14(16)15(22-24)12-21-18(25)11-17-19(26)20-9-10-23(17)13(2)3/h5-8,13,17H,4,9-12H2,1-3H3,(H,20,26)(H,21,25)/t17-/m0/s1. The number of fused-ring (bicyclic) bond motifs is 1. The molecular weight excluding hydrogens is 330 g/mol. The minimum atomic E-state index is -0.409. The Labute approximate surface area is 153 Å². The molecule has 0 unspecified atom stereocenters. The van der Waals surface area contributed by atoms with Gasteiger partial charge in [0.25, 0.3) is 0 Å². The van der Waals surface area contributed by atoms with Crippen LogP contribution in [0.1, 0.15) is 32.9 Å². The summed E-state index contributed by atoms with van der Waals surface area (Å²) in [5, 5.41) is 11.4. The molecule has 1 aromatic heterocycles. The molecule has 7 nitrogen and oxygen atoms in total. The summed E-state index contributed by atoms with van der Waals surface area (Å²) in [6.45, 7) is 8.69. The monoisotopic (exact) mass is 357 g/mol. The van der Waals surface area contributed by atoms with Crippen LogP contribution in [0, 0.1) is 0 Å². The van der Waals surface area contributed by atoms with E-state index < -0.39 is 6.04 Å². The van der Waals surface area contributed by atoms with E-state index in [-0.39, 0.29) is 24.3 Å². The number of piperazine rings is 1. The van der Waals surface area contributed by atoms with Gasteiger partial charge in [-0.2, -0.15) is 5.10 Å². The molecule has 0 saturated carbocycles. The maximum atomic E-state index is 12.5. The Morgan fingerprint density at radius 2 is 2.15 bits per heavy atom. The summed E-state index contributed by atoms with van der Waals surface area (Å²) in [6, 6.07) is 7.83. The number of benzene rings is 1. The Bertz CT molecular complexity index is 798. The third kappa shape index (κ3) is 3.72. The highest BCUT2D eigenvalue weighted by Crippen LogP contribution is 2.18. The van der Waals surface area contributed by atoms with Crippen molar-refractivity contribution in [3.05, 3.63) is 30.0 Å². The first-order valence-electron chi connectivity index (χ1n) is 9.25. The molecule has 3 rings (SSSR count). The van der Waals surface area contributed by atoms with E-state index in [1.165, 1.54) is 0 Å². The SMILES string of the molecule is CCn1nc(CNC(=O)C[C@H]2C(=O)NCCN2C(C)C)c2ccccc21.